The molecule has 1 aromatic rings. The van der Waals surface area contributed by atoms with E-state index >= 15 is 0 Å². The van der Waals surface area contributed by atoms with Gasteiger partial charge in [0.15, 0.2) is 11.5 Å². The monoisotopic (exact) mass is 218 g/mol. The van der Waals surface area contributed by atoms with Gasteiger partial charge >= 0.3 is 0 Å². The Morgan fingerprint density at radius 2 is 1.75 bits per heavy atom. The number of aromatic hydroxyl groups is 2. The number of methoxy groups -OCH3 is 1. The summed E-state index contributed by atoms with van der Waals surface area (Å²) in [7, 11) is 1.50. The van der Waals surface area contributed by atoms with Crippen LogP contribution < -0.4 is 4.74 Å². The Labute approximate surface area is 94.0 Å². The molecule has 0 spiro atoms. The minimum Gasteiger partial charge on any atom is -0.507 e. The molecule has 0 amide bonds. The van der Waals surface area contributed by atoms with Gasteiger partial charge in [0, 0.05) is 29.0 Å². The van der Waals surface area contributed by atoms with E-state index in [1.807, 2.05) is 0 Å². The SMILES string of the molecule is COc1cc(O)c2c(c1O)[C@H]1C=C[C@H]2CC1. The Kier molecular flexibility index (Phi) is 1.90. The van der Waals surface area contributed by atoms with Crippen LogP contribution in [0.2, 0.25) is 0 Å². The van der Waals surface area contributed by atoms with E-state index in [1.165, 1.54) is 13.2 Å². The van der Waals surface area contributed by atoms with Gasteiger partial charge in [0.2, 0.25) is 0 Å². The third-order valence-electron chi connectivity index (χ3n) is 3.65. The molecule has 0 aromatic heterocycles. The maximum Gasteiger partial charge on any atom is 0.164 e. The van der Waals surface area contributed by atoms with Crippen molar-refractivity contribution in [3.8, 4) is 17.2 Å². The first-order valence-electron chi connectivity index (χ1n) is 5.53. The van der Waals surface area contributed by atoms with E-state index in [0.29, 0.717) is 5.75 Å². The van der Waals surface area contributed by atoms with Gasteiger partial charge in [-0.2, -0.15) is 0 Å². The highest BCUT2D eigenvalue weighted by atomic mass is 16.5. The van der Waals surface area contributed by atoms with Crippen LogP contribution in [0.1, 0.15) is 35.8 Å². The van der Waals surface area contributed by atoms with Crippen LogP contribution in [0.4, 0.5) is 0 Å². The number of ether oxygens (including phenoxy) is 1. The molecule has 3 nitrogen and oxygen atoms in total. The average Bonchev–Trinajstić information content (AvgIpc) is 2.34. The van der Waals surface area contributed by atoms with Gasteiger partial charge in [-0.05, 0) is 12.8 Å². The van der Waals surface area contributed by atoms with Crippen molar-refractivity contribution in [3.05, 3.63) is 29.3 Å². The molecule has 0 fully saturated rings. The molecular formula is C13H14O3. The third kappa shape index (κ3) is 1.08. The van der Waals surface area contributed by atoms with Crippen LogP contribution in [0.5, 0.6) is 17.2 Å². The van der Waals surface area contributed by atoms with Crippen molar-refractivity contribution in [1.29, 1.82) is 0 Å². The Morgan fingerprint density at radius 3 is 2.31 bits per heavy atom. The number of phenols is 2. The number of phenolic OH excluding ortho intramolecular Hbond substituents is 2. The second-order valence-corrected chi connectivity index (χ2v) is 4.45. The summed E-state index contributed by atoms with van der Waals surface area (Å²) < 4.78 is 5.07. The quantitative estimate of drug-likeness (QED) is 0.562. The Hall–Kier alpha value is -1.64. The lowest BCUT2D eigenvalue weighted by molar-refractivity contribution is 0.356. The van der Waals surface area contributed by atoms with Gasteiger partial charge in [-0.25, -0.2) is 0 Å². The predicted octanol–water partition coefficient (Wildman–Crippen LogP) is 2.64. The molecule has 3 aliphatic carbocycles. The topological polar surface area (TPSA) is 49.7 Å². The summed E-state index contributed by atoms with van der Waals surface area (Å²) >= 11 is 0. The van der Waals surface area contributed by atoms with Gasteiger partial charge in [-0.3, -0.25) is 0 Å². The van der Waals surface area contributed by atoms with Gasteiger partial charge in [-0.1, -0.05) is 12.2 Å². The van der Waals surface area contributed by atoms with Crippen LogP contribution in [0.3, 0.4) is 0 Å². The Morgan fingerprint density at radius 1 is 1.12 bits per heavy atom. The first-order chi connectivity index (χ1) is 7.72. The molecule has 16 heavy (non-hydrogen) atoms. The first kappa shape index (κ1) is 9.58. The maximum absolute atomic E-state index is 10.1. The van der Waals surface area contributed by atoms with Gasteiger partial charge in [-0.15, -0.1) is 0 Å². The highest BCUT2D eigenvalue weighted by Crippen LogP contribution is 2.54. The fraction of sp³-hybridized carbons (Fsp3) is 0.385. The number of hydrogen-bond donors (Lipinski definition) is 2. The Bertz CT molecular complexity index is 477. The van der Waals surface area contributed by atoms with E-state index in [0.717, 1.165) is 24.0 Å². The molecular weight excluding hydrogens is 204 g/mol. The second kappa shape index (κ2) is 3.17. The van der Waals surface area contributed by atoms with E-state index in [1.54, 1.807) is 0 Å². The summed E-state index contributed by atoms with van der Waals surface area (Å²) in [5, 5.41) is 20.1. The molecule has 2 bridgehead atoms. The zero-order chi connectivity index (χ0) is 11.3. The van der Waals surface area contributed by atoms with Crippen molar-refractivity contribution in [3.63, 3.8) is 0 Å². The van der Waals surface area contributed by atoms with Gasteiger partial charge in [0.25, 0.3) is 0 Å². The van der Waals surface area contributed by atoms with Crippen molar-refractivity contribution in [2.75, 3.05) is 7.11 Å². The predicted molar refractivity (Wildman–Crippen MR) is 60.2 cm³/mol. The molecule has 4 rings (SSSR count). The van der Waals surface area contributed by atoms with E-state index in [9.17, 15) is 10.2 Å². The zero-order valence-corrected chi connectivity index (χ0v) is 9.10. The largest absolute Gasteiger partial charge is 0.507 e. The van der Waals surface area contributed by atoms with Crippen molar-refractivity contribution in [1.82, 2.24) is 0 Å². The molecule has 0 aliphatic heterocycles. The molecule has 0 heterocycles. The van der Waals surface area contributed by atoms with Gasteiger partial charge < -0.3 is 14.9 Å². The molecule has 2 atom stereocenters. The van der Waals surface area contributed by atoms with Crippen LogP contribution in [-0.4, -0.2) is 17.3 Å². The highest BCUT2D eigenvalue weighted by molar-refractivity contribution is 5.62. The number of hydrogen-bond acceptors (Lipinski definition) is 3. The van der Waals surface area contributed by atoms with Gasteiger partial charge in [0.05, 0.1) is 7.11 Å². The van der Waals surface area contributed by atoms with Crippen molar-refractivity contribution >= 4 is 0 Å². The van der Waals surface area contributed by atoms with Crippen LogP contribution in [0.15, 0.2) is 18.2 Å². The summed E-state index contributed by atoms with van der Waals surface area (Å²) in [5.41, 5.74) is 1.74. The number of fused-ring (bicyclic) bond motifs is 1. The molecule has 3 aliphatic rings. The minimum absolute atomic E-state index is 0.189. The molecule has 0 saturated heterocycles. The van der Waals surface area contributed by atoms with E-state index in [-0.39, 0.29) is 23.3 Å². The molecule has 0 radical (unpaired) electrons. The maximum atomic E-state index is 10.1. The summed E-state index contributed by atoms with van der Waals surface area (Å²) in [4.78, 5) is 0. The van der Waals surface area contributed by atoms with E-state index < -0.39 is 0 Å². The molecule has 2 N–H and O–H groups in total. The molecule has 0 unspecified atom stereocenters. The summed E-state index contributed by atoms with van der Waals surface area (Å²) in [5.74, 6) is 1.26. The Balaban J connectivity index is 2.29. The van der Waals surface area contributed by atoms with E-state index in [2.05, 4.69) is 12.2 Å². The number of rotatable bonds is 1. The number of benzene rings is 1. The van der Waals surface area contributed by atoms with Crippen molar-refractivity contribution in [2.24, 2.45) is 0 Å². The average molecular weight is 218 g/mol. The lowest BCUT2D eigenvalue weighted by Crippen LogP contribution is -2.17. The molecule has 0 saturated carbocycles. The first-order valence-corrected chi connectivity index (χ1v) is 5.53. The summed E-state index contributed by atoms with van der Waals surface area (Å²) in [6.45, 7) is 0. The molecule has 1 aromatic carbocycles. The molecule has 3 heteroatoms. The summed E-state index contributed by atoms with van der Waals surface area (Å²) in [6.07, 6.45) is 6.33. The minimum atomic E-state index is 0.189. The van der Waals surface area contributed by atoms with Gasteiger partial charge in [0.1, 0.15) is 5.75 Å². The zero-order valence-electron chi connectivity index (χ0n) is 9.10. The smallest absolute Gasteiger partial charge is 0.164 e. The van der Waals surface area contributed by atoms with Crippen LogP contribution >= 0.6 is 0 Å². The second-order valence-electron chi connectivity index (χ2n) is 4.45. The van der Waals surface area contributed by atoms with Crippen molar-refractivity contribution in [2.45, 2.75) is 24.7 Å². The van der Waals surface area contributed by atoms with Crippen LogP contribution in [0.25, 0.3) is 0 Å². The summed E-state index contributed by atoms with van der Waals surface area (Å²) in [6, 6.07) is 1.50. The molecule has 84 valence electrons. The normalized spacial score (nSPS) is 25.6. The van der Waals surface area contributed by atoms with Crippen LogP contribution in [0, 0.1) is 0 Å². The third-order valence-corrected chi connectivity index (χ3v) is 3.65. The standard InChI is InChI=1S/C13H14O3/c1-16-10-6-9(14)11-7-2-4-8(5-3-7)12(11)13(10)15/h2,4,6-8,14-15H,3,5H2,1H3/t7-,8-/m0/s1. The highest BCUT2D eigenvalue weighted by Gasteiger charge is 2.34. The van der Waals surface area contributed by atoms with E-state index in [4.69, 9.17) is 4.74 Å². The van der Waals surface area contributed by atoms with Crippen molar-refractivity contribution < 1.29 is 14.9 Å². The number of allylic oxidation sites excluding steroid dienone is 2. The lowest BCUT2D eigenvalue weighted by Gasteiger charge is -2.34. The fourth-order valence-corrected chi connectivity index (χ4v) is 2.89. The fourth-order valence-electron chi connectivity index (χ4n) is 2.89. The van der Waals surface area contributed by atoms with Crippen LogP contribution in [-0.2, 0) is 0 Å². The lowest BCUT2D eigenvalue weighted by atomic mass is 9.71.